The molecule has 0 bridgehead atoms. The number of carbonyl (C=O) groups is 2. The average molecular weight is 605 g/mol. The second-order valence-electron chi connectivity index (χ2n) is 9.89. The Hall–Kier alpha value is -2.74. The van der Waals surface area contributed by atoms with Crippen LogP contribution in [0.1, 0.15) is 63.5 Å². The predicted molar refractivity (Wildman–Crippen MR) is 139 cm³/mol. The third-order valence-corrected chi connectivity index (χ3v) is 8.73. The van der Waals surface area contributed by atoms with Crippen molar-refractivity contribution in [3.63, 3.8) is 0 Å². The minimum absolute atomic E-state index is 0.000845. The summed E-state index contributed by atoms with van der Waals surface area (Å²) in [4.78, 5) is 24.8. The van der Waals surface area contributed by atoms with Crippen LogP contribution in [0.15, 0.2) is 36.4 Å². The van der Waals surface area contributed by atoms with Gasteiger partial charge in [0.1, 0.15) is 23.1 Å². The molecule has 0 saturated carbocycles. The molecule has 0 amide bonds. The van der Waals surface area contributed by atoms with Crippen LogP contribution < -0.4 is 5.32 Å². The lowest BCUT2D eigenvalue weighted by Crippen LogP contribution is -2.46. The highest BCUT2D eigenvalue weighted by atomic mass is 35.5. The molecule has 2 aromatic rings. The maximum atomic E-state index is 15.6. The van der Waals surface area contributed by atoms with E-state index in [9.17, 15) is 28.0 Å². The molecule has 1 N–H and O–H groups in total. The first kappa shape index (κ1) is 31.8. The van der Waals surface area contributed by atoms with Crippen LogP contribution in [0.3, 0.4) is 0 Å². The van der Waals surface area contributed by atoms with E-state index >= 15 is 8.78 Å². The number of carbonyl (C=O) groups excluding carboxylic acids is 2. The van der Waals surface area contributed by atoms with Crippen molar-refractivity contribution in [2.45, 2.75) is 76.0 Å². The quantitative estimate of drug-likeness (QED) is 0.193. The van der Waals surface area contributed by atoms with E-state index in [0.29, 0.717) is 19.3 Å². The first-order valence-corrected chi connectivity index (χ1v) is 13.4. The van der Waals surface area contributed by atoms with Crippen molar-refractivity contribution in [2.75, 3.05) is 0 Å². The van der Waals surface area contributed by atoms with Crippen molar-refractivity contribution in [3.05, 3.63) is 69.2 Å². The summed E-state index contributed by atoms with van der Waals surface area (Å²) in [6.45, 7) is 5.75. The summed E-state index contributed by atoms with van der Waals surface area (Å²) in [5, 5.41) is 13.3. The summed E-state index contributed by atoms with van der Waals surface area (Å²) in [5.74, 6) is -8.13. The summed E-state index contributed by atoms with van der Waals surface area (Å²) < 4.78 is 74.4. The van der Waals surface area contributed by atoms with Crippen LogP contribution in [-0.4, -0.2) is 30.2 Å². The fourth-order valence-corrected chi connectivity index (χ4v) is 6.09. The number of hydrogen-bond acceptors (Lipinski definition) is 5. The zero-order chi connectivity index (χ0) is 30.0. The van der Waals surface area contributed by atoms with Gasteiger partial charge in [0, 0.05) is 22.5 Å². The normalized spacial score (nSPS) is 23.1. The number of nitrogens with one attached hydrogen (secondary N) is 1. The van der Waals surface area contributed by atoms with Crippen molar-refractivity contribution in [1.29, 1.82) is 5.26 Å². The fourth-order valence-electron chi connectivity index (χ4n) is 5.75. The molecule has 1 aliphatic rings. The highest BCUT2D eigenvalue weighted by Gasteiger charge is 2.62. The molecule has 1 heterocycles. The molecule has 0 aromatic heterocycles. The van der Waals surface area contributed by atoms with Crippen molar-refractivity contribution >= 4 is 35.1 Å². The molecule has 1 saturated heterocycles. The molecule has 0 aliphatic carbocycles. The van der Waals surface area contributed by atoms with Crippen LogP contribution in [0.4, 0.5) is 22.0 Å². The van der Waals surface area contributed by atoms with Gasteiger partial charge in [-0.2, -0.15) is 18.4 Å². The first-order valence-electron chi connectivity index (χ1n) is 12.6. The number of halogens is 7. The van der Waals surface area contributed by atoms with Gasteiger partial charge in [-0.3, -0.25) is 5.32 Å². The molecule has 0 spiro atoms. The molecule has 5 nitrogen and oxygen atoms in total. The van der Waals surface area contributed by atoms with E-state index in [-0.39, 0.29) is 22.6 Å². The molecule has 0 radical (unpaired) electrons. The topological polar surface area (TPSA) is 79.2 Å². The number of hydrogen-bond donors (Lipinski definition) is 1. The van der Waals surface area contributed by atoms with Gasteiger partial charge in [-0.25, -0.2) is 18.4 Å². The molecule has 0 unspecified atom stereocenters. The van der Waals surface area contributed by atoms with Crippen molar-refractivity contribution in [3.8, 4) is 6.07 Å². The summed E-state index contributed by atoms with van der Waals surface area (Å²) in [6.07, 6.45) is -3.51. The van der Waals surface area contributed by atoms with E-state index in [1.54, 1.807) is 0 Å². The SMILES string of the molecule is CCC(CC)(CC)C[C@@H]1N[C@@H](C(=O)OC(=O)C(F)(F)F)[C@H](c2cccc(Cl)c2F)[C@@]1(C#N)c1ccc(Cl)cc1F. The minimum Gasteiger partial charge on any atom is -0.385 e. The summed E-state index contributed by atoms with van der Waals surface area (Å²) in [7, 11) is 0. The van der Waals surface area contributed by atoms with E-state index in [4.69, 9.17) is 23.2 Å². The Balaban J connectivity index is 2.37. The Kier molecular flexibility index (Phi) is 9.55. The summed E-state index contributed by atoms with van der Waals surface area (Å²) in [6, 6.07) is 6.35. The molecule has 1 fully saturated rings. The molecule has 12 heteroatoms. The molecule has 40 heavy (non-hydrogen) atoms. The van der Waals surface area contributed by atoms with Gasteiger partial charge in [0.25, 0.3) is 0 Å². The molecule has 2 aromatic carbocycles. The monoisotopic (exact) mass is 604 g/mol. The van der Waals surface area contributed by atoms with Crippen molar-refractivity contribution < 1.29 is 36.3 Å². The van der Waals surface area contributed by atoms with Gasteiger partial charge in [0.15, 0.2) is 0 Å². The Labute approximate surface area is 238 Å². The Morgan fingerprint density at radius 3 is 2.23 bits per heavy atom. The van der Waals surface area contributed by atoms with Crippen LogP contribution in [0, 0.1) is 28.4 Å². The maximum Gasteiger partial charge on any atom is 0.491 e. The van der Waals surface area contributed by atoms with Gasteiger partial charge in [-0.05, 0) is 35.6 Å². The average Bonchev–Trinajstić information content (AvgIpc) is 3.22. The van der Waals surface area contributed by atoms with E-state index in [0.717, 1.165) is 6.07 Å². The highest BCUT2D eigenvalue weighted by molar-refractivity contribution is 6.31. The lowest BCUT2D eigenvalue weighted by molar-refractivity contribution is -0.202. The Morgan fingerprint density at radius 2 is 1.70 bits per heavy atom. The van der Waals surface area contributed by atoms with Gasteiger partial charge in [0.05, 0.1) is 11.1 Å². The van der Waals surface area contributed by atoms with Gasteiger partial charge in [-0.15, -0.1) is 0 Å². The largest absolute Gasteiger partial charge is 0.491 e. The zero-order valence-corrected chi connectivity index (χ0v) is 23.4. The number of rotatable bonds is 8. The van der Waals surface area contributed by atoms with E-state index < -0.39 is 63.6 Å². The van der Waals surface area contributed by atoms with E-state index in [2.05, 4.69) is 16.1 Å². The maximum absolute atomic E-state index is 15.6. The predicted octanol–water partition coefficient (Wildman–Crippen LogP) is 7.40. The summed E-state index contributed by atoms with van der Waals surface area (Å²) >= 11 is 12.0. The number of ether oxygens (including phenoxy) is 1. The Bertz CT molecular complexity index is 1320. The fraction of sp³-hybridized carbons (Fsp3) is 0.464. The molecule has 1 aliphatic heterocycles. The van der Waals surface area contributed by atoms with E-state index in [1.165, 1.54) is 30.3 Å². The standard InChI is InChI=1S/C28H27Cl2F5N2O3/c1-4-26(5-2,6-3)13-20-27(14-36,17-11-10-15(29)12-19(17)31)21(16-8-7-9-18(30)22(16)32)23(37-20)24(38)40-25(39)28(33,34)35/h7-12,20-21,23,37H,4-6,13H2,1-3H3/t20-,21-,23+,27-/m0/s1. The van der Waals surface area contributed by atoms with Gasteiger partial charge in [-0.1, -0.05) is 81.4 Å². The van der Waals surface area contributed by atoms with Crippen molar-refractivity contribution in [1.82, 2.24) is 5.32 Å². The molecular formula is C28H27Cl2F5N2O3. The number of esters is 2. The number of nitrogens with zero attached hydrogens (tertiary/aromatic N) is 1. The third kappa shape index (κ3) is 5.69. The lowest BCUT2D eigenvalue weighted by Gasteiger charge is -2.40. The zero-order valence-electron chi connectivity index (χ0n) is 21.8. The smallest absolute Gasteiger partial charge is 0.385 e. The molecule has 3 rings (SSSR count). The third-order valence-electron chi connectivity index (χ3n) is 8.20. The second kappa shape index (κ2) is 12.0. The van der Waals surface area contributed by atoms with Crippen LogP contribution >= 0.6 is 23.2 Å². The van der Waals surface area contributed by atoms with Crippen molar-refractivity contribution in [2.24, 2.45) is 5.41 Å². The van der Waals surface area contributed by atoms with Gasteiger partial charge in [0.2, 0.25) is 0 Å². The molecule has 216 valence electrons. The number of nitriles is 1. The van der Waals surface area contributed by atoms with Crippen LogP contribution in [0.2, 0.25) is 10.0 Å². The van der Waals surface area contributed by atoms with Gasteiger partial charge >= 0.3 is 18.1 Å². The van der Waals surface area contributed by atoms with E-state index in [1.807, 2.05) is 20.8 Å². The highest BCUT2D eigenvalue weighted by Crippen LogP contribution is 2.54. The molecular weight excluding hydrogens is 578 g/mol. The lowest BCUT2D eigenvalue weighted by atomic mass is 9.61. The second-order valence-corrected chi connectivity index (χ2v) is 10.7. The van der Waals surface area contributed by atoms with Crippen LogP contribution in [0.25, 0.3) is 0 Å². The van der Waals surface area contributed by atoms with Crippen LogP contribution in [-0.2, 0) is 19.7 Å². The number of benzene rings is 2. The molecule has 4 atom stereocenters. The van der Waals surface area contributed by atoms with Crippen LogP contribution in [0.5, 0.6) is 0 Å². The first-order chi connectivity index (χ1) is 18.7. The number of alkyl halides is 3. The Morgan fingerprint density at radius 1 is 1.07 bits per heavy atom. The minimum atomic E-state index is -5.50. The summed E-state index contributed by atoms with van der Waals surface area (Å²) in [5.41, 5.74) is -3.11. The van der Waals surface area contributed by atoms with Gasteiger partial charge < -0.3 is 4.74 Å².